The Hall–Kier alpha value is -0.820. The van der Waals surface area contributed by atoms with E-state index in [-0.39, 0.29) is 6.10 Å². The predicted octanol–water partition coefficient (Wildman–Crippen LogP) is 5.67. The van der Waals surface area contributed by atoms with Gasteiger partial charge in [0.2, 0.25) is 0 Å². The van der Waals surface area contributed by atoms with E-state index >= 15 is 0 Å². The van der Waals surface area contributed by atoms with Gasteiger partial charge in [0.1, 0.15) is 0 Å². The fourth-order valence-corrected chi connectivity index (χ4v) is 4.51. The van der Waals surface area contributed by atoms with Crippen molar-refractivity contribution in [2.75, 3.05) is 0 Å². The molecule has 0 saturated heterocycles. The van der Waals surface area contributed by atoms with Crippen LogP contribution in [0.5, 0.6) is 0 Å². The Kier molecular flexibility index (Phi) is 5.71. The summed E-state index contributed by atoms with van der Waals surface area (Å²) in [6.45, 7) is 14.6. The van der Waals surface area contributed by atoms with Crippen LogP contribution in [-0.2, 0) is 0 Å². The summed E-state index contributed by atoms with van der Waals surface area (Å²) in [5, 5.41) is 10.5. The normalized spacial score (nSPS) is 37.1. The van der Waals surface area contributed by atoms with E-state index in [0.29, 0.717) is 11.3 Å². The van der Waals surface area contributed by atoms with Crippen LogP contribution in [0.3, 0.4) is 0 Å². The monoisotopic (exact) mass is 302 g/mol. The maximum Gasteiger partial charge on any atom is 0.0576 e. The molecule has 0 aromatic carbocycles. The Bertz CT molecular complexity index is 447. The third kappa shape index (κ3) is 4.13. The van der Waals surface area contributed by atoms with Crippen LogP contribution >= 0.6 is 0 Å². The maximum absolute atomic E-state index is 10.5. The van der Waals surface area contributed by atoms with Gasteiger partial charge in [-0.2, -0.15) is 0 Å². The van der Waals surface area contributed by atoms with E-state index < -0.39 is 0 Å². The molecule has 2 saturated carbocycles. The molecule has 0 radical (unpaired) electrons. The molecule has 0 bridgehead atoms. The second-order valence-corrected chi connectivity index (χ2v) is 8.18. The SMILES string of the molecule is C=C(C)CC/C=C/C[C@H]1C[C@H]2[C@H](CCC(=C)C)[C@@]2(C)C[C@H]1O. The van der Waals surface area contributed by atoms with Crippen molar-refractivity contribution < 1.29 is 5.11 Å². The molecule has 124 valence electrons. The summed E-state index contributed by atoms with van der Waals surface area (Å²) in [6.07, 6.45) is 12.3. The van der Waals surface area contributed by atoms with Crippen molar-refractivity contribution in [3.8, 4) is 0 Å². The van der Waals surface area contributed by atoms with Crippen molar-refractivity contribution in [1.29, 1.82) is 0 Å². The van der Waals surface area contributed by atoms with E-state index in [4.69, 9.17) is 0 Å². The lowest BCUT2D eigenvalue weighted by atomic mass is 9.79. The van der Waals surface area contributed by atoms with E-state index in [1.807, 2.05) is 0 Å². The van der Waals surface area contributed by atoms with Gasteiger partial charge < -0.3 is 5.11 Å². The number of fused-ring (bicyclic) bond motifs is 1. The first-order valence-electron chi connectivity index (χ1n) is 8.96. The minimum Gasteiger partial charge on any atom is -0.393 e. The van der Waals surface area contributed by atoms with Gasteiger partial charge in [-0.15, -0.1) is 13.2 Å². The molecular formula is C21H34O. The summed E-state index contributed by atoms with van der Waals surface area (Å²) >= 11 is 0. The van der Waals surface area contributed by atoms with Gasteiger partial charge in [-0.3, -0.25) is 0 Å². The molecule has 0 aromatic rings. The highest BCUT2D eigenvalue weighted by Crippen LogP contribution is 2.68. The first kappa shape index (κ1) is 17.5. The van der Waals surface area contributed by atoms with Gasteiger partial charge in [-0.05, 0) is 82.0 Å². The van der Waals surface area contributed by atoms with Crippen molar-refractivity contribution in [3.63, 3.8) is 0 Å². The van der Waals surface area contributed by atoms with Gasteiger partial charge in [0.25, 0.3) is 0 Å². The maximum atomic E-state index is 10.5. The molecule has 5 atom stereocenters. The summed E-state index contributed by atoms with van der Waals surface area (Å²) in [5.74, 6) is 2.12. The first-order chi connectivity index (χ1) is 10.3. The number of aliphatic hydroxyl groups is 1. The molecule has 1 nitrogen and oxygen atoms in total. The van der Waals surface area contributed by atoms with E-state index in [1.54, 1.807) is 0 Å². The number of allylic oxidation sites excluding steroid dienone is 4. The highest BCUT2D eigenvalue weighted by molar-refractivity contribution is 5.13. The summed E-state index contributed by atoms with van der Waals surface area (Å²) < 4.78 is 0. The van der Waals surface area contributed by atoms with Crippen molar-refractivity contribution in [2.45, 2.75) is 71.8 Å². The number of hydrogen-bond donors (Lipinski definition) is 1. The minimum atomic E-state index is -0.109. The average Bonchev–Trinajstić information content (AvgIpc) is 2.98. The molecule has 0 heterocycles. The molecule has 2 fully saturated rings. The van der Waals surface area contributed by atoms with E-state index in [9.17, 15) is 5.11 Å². The molecule has 0 amide bonds. The van der Waals surface area contributed by atoms with Crippen molar-refractivity contribution >= 4 is 0 Å². The molecule has 0 aliphatic heterocycles. The summed E-state index contributed by atoms with van der Waals surface area (Å²) in [7, 11) is 0. The van der Waals surface area contributed by atoms with E-state index in [1.165, 1.54) is 24.0 Å². The first-order valence-corrected chi connectivity index (χ1v) is 8.96. The lowest BCUT2D eigenvalue weighted by molar-refractivity contribution is 0.0456. The Morgan fingerprint density at radius 2 is 1.86 bits per heavy atom. The fraction of sp³-hybridized carbons (Fsp3) is 0.714. The van der Waals surface area contributed by atoms with Gasteiger partial charge in [0.05, 0.1) is 6.10 Å². The van der Waals surface area contributed by atoms with Crippen LogP contribution in [0.25, 0.3) is 0 Å². The van der Waals surface area contributed by atoms with Crippen LogP contribution < -0.4 is 0 Å². The van der Waals surface area contributed by atoms with Gasteiger partial charge in [-0.25, -0.2) is 0 Å². The van der Waals surface area contributed by atoms with Crippen LogP contribution in [0.4, 0.5) is 0 Å². The van der Waals surface area contributed by atoms with Gasteiger partial charge in [0, 0.05) is 0 Å². The van der Waals surface area contributed by atoms with Gasteiger partial charge in [-0.1, -0.05) is 30.2 Å². The molecular weight excluding hydrogens is 268 g/mol. The van der Waals surface area contributed by atoms with Crippen LogP contribution in [0.15, 0.2) is 36.5 Å². The van der Waals surface area contributed by atoms with Crippen molar-refractivity contribution in [2.24, 2.45) is 23.2 Å². The molecule has 0 unspecified atom stereocenters. The number of aliphatic hydroxyl groups excluding tert-OH is 1. The zero-order valence-electron chi connectivity index (χ0n) is 14.8. The minimum absolute atomic E-state index is 0.109. The number of hydrogen-bond acceptors (Lipinski definition) is 1. The Morgan fingerprint density at radius 1 is 1.18 bits per heavy atom. The second-order valence-electron chi connectivity index (χ2n) is 8.18. The lowest BCUT2D eigenvalue weighted by Crippen LogP contribution is -2.29. The quantitative estimate of drug-likeness (QED) is 0.573. The number of rotatable bonds is 8. The topological polar surface area (TPSA) is 20.2 Å². The summed E-state index contributed by atoms with van der Waals surface area (Å²) in [5.41, 5.74) is 2.95. The molecule has 0 spiro atoms. The molecule has 1 N–H and O–H groups in total. The summed E-state index contributed by atoms with van der Waals surface area (Å²) in [4.78, 5) is 0. The van der Waals surface area contributed by atoms with Crippen LogP contribution in [0, 0.1) is 23.2 Å². The van der Waals surface area contributed by atoms with E-state index in [2.05, 4.69) is 46.1 Å². The van der Waals surface area contributed by atoms with Crippen LogP contribution in [0.1, 0.15) is 65.7 Å². The molecule has 2 aliphatic carbocycles. The smallest absolute Gasteiger partial charge is 0.0576 e. The molecule has 22 heavy (non-hydrogen) atoms. The standard InChI is InChI=1S/C21H34O/c1-15(2)9-7-6-8-10-17-13-19-18(12-11-16(3)4)21(19,5)14-20(17)22/h6,8,17-20,22H,1,3,7,9-14H2,2,4-5H3/b8-6+/t17-,18-,19-,20+,21+/m0/s1. The highest BCUT2D eigenvalue weighted by atomic mass is 16.3. The Morgan fingerprint density at radius 3 is 2.50 bits per heavy atom. The third-order valence-electron chi connectivity index (χ3n) is 6.05. The van der Waals surface area contributed by atoms with Gasteiger partial charge >= 0.3 is 0 Å². The Labute approximate surface area is 137 Å². The zero-order valence-corrected chi connectivity index (χ0v) is 14.8. The molecule has 1 heteroatoms. The third-order valence-corrected chi connectivity index (χ3v) is 6.05. The molecule has 2 aliphatic rings. The fourth-order valence-electron chi connectivity index (χ4n) is 4.51. The van der Waals surface area contributed by atoms with Crippen LogP contribution in [0.2, 0.25) is 0 Å². The predicted molar refractivity (Wildman–Crippen MR) is 95.7 cm³/mol. The molecule has 0 aromatic heterocycles. The largest absolute Gasteiger partial charge is 0.393 e. The average molecular weight is 303 g/mol. The van der Waals surface area contributed by atoms with E-state index in [0.717, 1.165) is 43.9 Å². The zero-order chi connectivity index (χ0) is 16.3. The molecule has 2 rings (SSSR count). The van der Waals surface area contributed by atoms with Crippen molar-refractivity contribution in [1.82, 2.24) is 0 Å². The second kappa shape index (κ2) is 7.17. The lowest BCUT2D eigenvalue weighted by Gasteiger charge is -2.30. The summed E-state index contributed by atoms with van der Waals surface area (Å²) in [6, 6.07) is 0. The highest BCUT2D eigenvalue weighted by Gasteiger charge is 2.63. The van der Waals surface area contributed by atoms with Crippen molar-refractivity contribution in [3.05, 3.63) is 36.5 Å². The van der Waals surface area contributed by atoms with Crippen LogP contribution in [-0.4, -0.2) is 11.2 Å². The van der Waals surface area contributed by atoms with Gasteiger partial charge in [0.15, 0.2) is 0 Å². The Balaban J connectivity index is 1.79.